The first kappa shape index (κ1) is 34.1. The molecule has 0 aliphatic rings. The van der Waals surface area contributed by atoms with Crippen LogP contribution in [0.3, 0.4) is 0 Å². The molecule has 0 N–H and O–H groups in total. The van der Waals surface area contributed by atoms with Gasteiger partial charge in [0.2, 0.25) is 0 Å². The molecule has 0 saturated heterocycles. The lowest BCUT2D eigenvalue weighted by Gasteiger charge is -2.15. The highest BCUT2D eigenvalue weighted by molar-refractivity contribution is 14.1. The molecule has 4 heteroatoms. The number of unbranched alkanes of at least 4 members (excludes halogenated alkanes) is 2. The Morgan fingerprint density at radius 1 is 0.643 bits per heavy atom. The van der Waals surface area contributed by atoms with Crippen LogP contribution in [-0.4, -0.2) is 13.2 Å². The van der Waals surface area contributed by atoms with Gasteiger partial charge in [-0.3, -0.25) is 0 Å². The Kier molecular flexibility index (Phi) is 15.4. The van der Waals surface area contributed by atoms with Crippen molar-refractivity contribution in [3.63, 3.8) is 0 Å². The third-order valence-electron chi connectivity index (χ3n) is 7.49. The fraction of sp³-hybridized carbons (Fsp3) is 0.421. The molecule has 0 bridgehead atoms. The number of ether oxygens (including phenoxy) is 2. The molecule has 0 aliphatic heterocycles. The van der Waals surface area contributed by atoms with Crippen molar-refractivity contribution in [2.75, 3.05) is 13.2 Å². The lowest BCUT2D eigenvalue weighted by atomic mass is 10.0. The van der Waals surface area contributed by atoms with Gasteiger partial charge >= 0.3 is 0 Å². The highest BCUT2D eigenvalue weighted by Crippen LogP contribution is 2.23. The van der Waals surface area contributed by atoms with Gasteiger partial charge in [-0.25, -0.2) is 0 Å². The molecule has 0 spiro atoms. The second kappa shape index (κ2) is 19.0. The first-order valence-corrected chi connectivity index (χ1v) is 17.3. The van der Waals surface area contributed by atoms with Gasteiger partial charge in [-0.2, -0.15) is 0 Å². The predicted molar refractivity (Wildman–Crippen MR) is 189 cm³/mol. The first-order chi connectivity index (χ1) is 20.4. The SMILES string of the molecule is CCCCC(CC)COc1ccc(C#Cc2cc(Br)cc(C#Cc3ccc(OCC(CC)CCCC)cc3)c2I)cc1. The molecule has 3 aromatic rings. The summed E-state index contributed by atoms with van der Waals surface area (Å²) >= 11 is 6.00. The molecule has 222 valence electrons. The van der Waals surface area contributed by atoms with Crippen LogP contribution in [0, 0.1) is 39.1 Å². The quantitative estimate of drug-likeness (QED) is 0.121. The maximum Gasteiger partial charge on any atom is 0.119 e. The fourth-order valence-corrected chi connectivity index (χ4v) is 5.58. The van der Waals surface area contributed by atoms with Crippen molar-refractivity contribution in [2.24, 2.45) is 11.8 Å². The summed E-state index contributed by atoms with van der Waals surface area (Å²) < 4.78 is 14.1. The standard InChI is InChI=1S/C38H44BrIO2/c1-5-9-11-29(7-3)27-41-36-21-15-31(16-22-36)13-19-33-25-35(39)26-34(38(33)40)20-14-32-17-23-37(24-18-32)42-28-30(8-4)12-10-6-2/h15-18,21-26,29-30H,5-12,27-28H2,1-4H3. The molecule has 2 atom stereocenters. The van der Waals surface area contributed by atoms with Crippen LogP contribution in [0.1, 0.15) is 101 Å². The van der Waals surface area contributed by atoms with E-state index in [4.69, 9.17) is 9.47 Å². The highest BCUT2D eigenvalue weighted by Gasteiger charge is 2.09. The van der Waals surface area contributed by atoms with E-state index in [0.29, 0.717) is 11.8 Å². The smallest absolute Gasteiger partial charge is 0.119 e. The summed E-state index contributed by atoms with van der Waals surface area (Å²) in [6.45, 7) is 10.5. The Morgan fingerprint density at radius 2 is 1.05 bits per heavy atom. The van der Waals surface area contributed by atoms with E-state index in [1.807, 2.05) is 48.5 Å². The van der Waals surface area contributed by atoms with Crippen LogP contribution in [0.5, 0.6) is 11.5 Å². The molecule has 2 unspecified atom stereocenters. The van der Waals surface area contributed by atoms with Gasteiger partial charge in [-0.1, -0.05) is 106 Å². The molecule has 42 heavy (non-hydrogen) atoms. The summed E-state index contributed by atoms with van der Waals surface area (Å²) in [5.74, 6) is 16.4. The largest absolute Gasteiger partial charge is 0.493 e. The zero-order valence-corrected chi connectivity index (χ0v) is 29.3. The number of hydrogen-bond acceptors (Lipinski definition) is 2. The topological polar surface area (TPSA) is 18.5 Å². The average molecular weight is 740 g/mol. The fourth-order valence-electron chi connectivity index (χ4n) is 4.54. The molecule has 0 saturated carbocycles. The molecular weight excluding hydrogens is 695 g/mol. The molecule has 0 aromatic heterocycles. The molecule has 0 radical (unpaired) electrons. The molecule has 0 aliphatic carbocycles. The van der Waals surface area contributed by atoms with E-state index < -0.39 is 0 Å². The second-order valence-corrected chi connectivity index (χ2v) is 12.8. The Balaban J connectivity index is 1.64. The van der Waals surface area contributed by atoms with Crippen molar-refractivity contribution in [1.29, 1.82) is 0 Å². The lowest BCUT2D eigenvalue weighted by molar-refractivity contribution is 0.233. The summed E-state index contributed by atoms with van der Waals surface area (Å²) in [5, 5.41) is 0. The van der Waals surface area contributed by atoms with Crippen LogP contribution in [0.2, 0.25) is 0 Å². The van der Waals surface area contributed by atoms with Crippen molar-refractivity contribution in [2.45, 2.75) is 79.1 Å². The minimum absolute atomic E-state index is 0.618. The van der Waals surface area contributed by atoms with Gasteiger partial charge in [-0.05, 0) is 108 Å². The van der Waals surface area contributed by atoms with Crippen LogP contribution < -0.4 is 9.47 Å². The number of benzene rings is 3. The van der Waals surface area contributed by atoms with Gasteiger partial charge in [0.15, 0.2) is 0 Å². The average Bonchev–Trinajstić information content (AvgIpc) is 3.02. The van der Waals surface area contributed by atoms with Crippen molar-refractivity contribution in [1.82, 2.24) is 0 Å². The lowest BCUT2D eigenvalue weighted by Crippen LogP contribution is -2.11. The van der Waals surface area contributed by atoms with E-state index in [-0.39, 0.29) is 0 Å². The van der Waals surface area contributed by atoms with Gasteiger partial charge in [0.1, 0.15) is 11.5 Å². The van der Waals surface area contributed by atoms with Gasteiger partial charge in [0.25, 0.3) is 0 Å². The van der Waals surface area contributed by atoms with Crippen LogP contribution >= 0.6 is 38.5 Å². The molecule has 0 heterocycles. The summed E-state index contributed by atoms with van der Waals surface area (Å²) in [7, 11) is 0. The van der Waals surface area contributed by atoms with Crippen molar-refractivity contribution in [3.8, 4) is 35.2 Å². The number of halogens is 2. The summed E-state index contributed by atoms with van der Waals surface area (Å²) in [5.41, 5.74) is 3.82. The Labute approximate surface area is 276 Å². The molecule has 0 amide bonds. The van der Waals surface area contributed by atoms with E-state index in [1.54, 1.807) is 0 Å². The zero-order valence-electron chi connectivity index (χ0n) is 25.6. The maximum atomic E-state index is 6.06. The van der Waals surface area contributed by atoms with Crippen LogP contribution in [0.15, 0.2) is 65.1 Å². The van der Waals surface area contributed by atoms with E-state index in [9.17, 15) is 0 Å². The minimum Gasteiger partial charge on any atom is -0.493 e. The van der Waals surface area contributed by atoms with Gasteiger partial charge < -0.3 is 9.47 Å². The van der Waals surface area contributed by atoms with E-state index in [0.717, 1.165) is 67.9 Å². The Hall–Kier alpha value is -2.41. The van der Waals surface area contributed by atoms with E-state index >= 15 is 0 Å². The van der Waals surface area contributed by atoms with Crippen molar-refractivity contribution < 1.29 is 9.47 Å². The normalized spacial score (nSPS) is 12.0. The van der Waals surface area contributed by atoms with Gasteiger partial charge in [0, 0.05) is 30.3 Å². The van der Waals surface area contributed by atoms with Gasteiger partial charge in [0.05, 0.1) is 13.2 Å². The highest BCUT2D eigenvalue weighted by atomic mass is 127. The predicted octanol–water partition coefficient (Wildman–Crippen LogP) is 11.0. The summed E-state index contributed by atoms with van der Waals surface area (Å²) in [4.78, 5) is 0. The Bertz CT molecular complexity index is 1250. The van der Waals surface area contributed by atoms with E-state index in [1.165, 1.54) is 38.5 Å². The third-order valence-corrected chi connectivity index (χ3v) is 9.11. The zero-order chi connectivity index (χ0) is 30.2. The number of hydrogen-bond donors (Lipinski definition) is 0. The summed E-state index contributed by atoms with van der Waals surface area (Å²) in [6.07, 6.45) is 9.76. The summed E-state index contributed by atoms with van der Waals surface area (Å²) in [6, 6.07) is 20.3. The molecule has 2 nitrogen and oxygen atoms in total. The maximum absolute atomic E-state index is 6.06. The van der Waals surface area contributed by atoms with Gasteiger partial charge in [-0.15, -0.1) is 0 Å². The van der Waals surface area contributed by atoms with Crippen LogP contribution in [-0.2, 0) is 0 Å². The van der Waals surface area contributed by atoms with Crippen LogP contribution in [0.4, 0.5) is 0 Å². The molecule has 3 rings (SSSR count). The van der Waals surface area contributed by atoms with Crippen molar-refractivity contribution in [3.05, 3.63) is 91.0 Å². The molecule has 0 fully saturated rings. The third kappa shape index (κ3) is 11.7. The number of rotatable bonds is 14. The monoisotopic (exact) mass is 738 g/mol. The molecule has 3 aromatic carbocycles. The second-order valence-electron chi connectivity index (χ2n) is 10.8. The first-order valence-electron chi connectivity index (χ1n) is 15.4. The Morgan fingerprint density at radius 3 is 1.40 bits per heavy atom. The molecular formula is C38H44BrIO2. The minimum atomic E-state index is 0.618. The van der Waals surface area contributed by atoms with E-state index in [2.05, 4.69) is 102 Å². The van der Waals surface area contributed by atoms with Crippen molar-refractivity contribution >= 4 is 38.5 Å². The van der Waals surface area contributed by atoms with Crippen LogP contribution in [0.25, 0.3) is 0 Å².